The standard InChI is InChI=1S/C11H23NO3/c1-5-14-8-10(4)15-11(13)6-7-12-9(2)3/h9-10,12H,5-8H2,1-4H3. The predicted octanol–water partition coefficient (Wildman–Crippen LogP) is 1.34. The van der Waals surface area contributed by atoms with Crippen LogP contribution in [0.25, 0.3) is 0 Å². The smallest absolute Gasteiger partial charge is 0.307 e. The van der Waals surface area contributed by atoms with Crippen molar-refractivity contribution in [3.63, 3.8) is 0 Å². The summed E-state index contributed by atoms with van der Waals surface area (Å²) in [6.45, 7) is 9.63. The van der Waals surface area contributed by atoms with Crippen LogP contribution in [0.5, 0.6) is 0 Å². The summed E-state index contributed by atoms with van der Waals surface area (Å²) < 4.78 is 10.3. The Morgan fingerprint density at radius 2 is 2.00 bits per heavy atom. The highest BCUT2D eigenvalue weighted by Gasteiger charge is 2.08. The molecule has 0 amide bonds. The molecule has 0 saturated heterocycles. The van der Waals surface area contributed by atoms with Crippen LogP contribution in [0.4, 0.5) is 0 Å². The average Bonchev–Trinajstić information content (AvgIpc) is 2.14. The molecule has 90 valence electrons. The zero-order valence-corrected chi connectivity index (χ0v) is 10.2. The number of rotatable bonds is 8. The summed E-state index contributed by atoms with van der Waals surface area (Å²) >= 11 is 0. The van der Waals surface area contributed by atoms with Gasteiger partial charge in [-0.05, 0) is 13.8 Å². The van der Waals surface area contributed by atoms with Gasteiger partial charge in [-0.3, -0.25) is 4.79 Å². The SMILES string of the molecule is CCOCC(C)OC(=O)CCNC(C)C. The minimum atomic E-state index is -0.171. The molecular weight excluding hydrogens is 194 g/mol. The summed E-state index contributed by atoms with van der Waals surface area (Å²) in [6, 6.07) is 0.402. The van der Waals surface area contributed by atoms with Crippen LogP contribution in [-0.2, 0) is 14.3 Å². The van der Waals surface area contributed by atoms with Gasteiger partial charge >= 0.3 is 5.97 Å². The maximum absolute atomic E-state index is 11.3. The first kappa shape index (κ1) is 14.4. The molecule has 0 spiro atoms. The first-order valence-electron chi connectivity index (χ1n) is 5.56. The molecule has 0 aliphatic heterocycles. The second-order valence-corrected chi connectivity index (χ2v) is 3.82. The van der Waals surface area contributed by atoms with E-state index in [2.05, 4.69) is 5.32 Å². The Balaban J connectivity index is 3.46. The van der Waals surface area contributed by atoms with E-state index < -0.39 is 0 Å². The van der Waals surface area contributed by atoms with Crippen LogP contribution in [0.3, 0.4) is 0 Å². The maximum atomic E-state index is 11.3. The third-order valence-electron chi connectivity index (χ3n) is 1.77. The van der Waals surface area contributed by atoms with Gasteiger partial charge in [0.05, 0.1) is 13.0 Å². The fourth-order valence-electron chi connectivity index (χ4n) is 1.06. The molecule has 0 heterocycles. The number of esters is 1. The Labute approximate surface area is 92.3 Å². The van der Waals surface area contributed by atoms with Crippen molar-refractivity contribution in [3.8, 4) is 0 Å². The normalized spacial score (nSPS) is 12.9. The molecular formula is C11H23NO3. The minimum Gasteiger partial charge on any atom is -0.460 e. The van der Waals surface area contributed by atoms with Gasteiger partial charge in [-0.1, -0.05) is 13.8 Å². The van der Waals surface area contributed by atoms with E-state index in [1.807, 2.05) is 27.7 Å². The molecule has 4 nitrogen and oxygen atoms in total. The van der Waals surface area contributed by atoms with Crippen molar-refractivity contribution < 1.29 is 14.3 Å². The summed E-state index contributed by atoms with van der Waals surface area (Å²) in [4.78, 5) is 11.3. The highest BCUT2D eigenvalue weighted by Crippen LogP contribution is 1.95. The Morgan fingerprint density at radius 1 is 1.33 bits per heavy atom. The van der Waals surface area contributed by atoms with Gasteiger partial charge in [-0.25, -0.2) is 0 Å². The van der Waals surface area contributed by atoms with Crippen molar-refractivity contribution in [2.45, 2.75) is 46.3 Å². The fourth-order valence-corrected chi connectivity index (χ4v) is 1.06. The minimum absolute atomic E-state index is 0.156. The Bertz CT molecular complexity index is 171. The van der Waals surface area contributed by atoms with E-state index in [9.17, 15) is 4.79 Å². The molecule has 0 rings (SSSR count). The molecule has 0 aromatic carbocycles. The summed E-state index contributed by atoms with van der Waals surface area (Å²) in [5.41, 5.74) is 0. The van der Waals surface area contributed by atoms with Crippen molar-refractivity contribution >= 4 is 5.97 Å². The molecule has 0 aliphatic carbocycles. The molecule has 0 aromatic heterocycles. The van der Waals surface area contributed by atoms with Gasteiger partial charge in [-0.15, -0.1) is 0 Å². The molecule has 15 heavy (non-hydrogen) atoms. The molecule has 1 unspecified atom stereocenters. The lowest BCUT2D eigenvalue weighted by molar-refractivity contribution is -0.150. The molecule has 4 heteroatoms. The van der Waals surface area contributed by atoms with Crippen molar-refractivity contribution in [3.05, 3.63) is 0 Å². The Hall–Kier alpha value is -0.610. The lowest BCUT2D eigenvalue weighted by Crippen LogP contribution is -2.27. The van der Waals surface area contributed by atoms with Gasteiger partial charge in [0.2, 0.25) is 0 Å². The van der Waals surface area contributed by atoms with Crippen LogP contribution in [0.1, 0.15) is 34.1 Å². The van der Waals surface area contributed by atoms with Gasteiger partial charge in [-0.2, -0.15) is 0 Å². The third-order valence-corrected chi connectivity index (χ3v) is 1.77. The molecule has 0 aliphatic rings. The van der Waals surface area contributed by atoms with E-state index in [1.54, 1.807) is 0 Å². The van der Waals surface area contributed by atoms with Crippen molar-refractivity contribution in [1.82, 2.24) is 5.32 Å². The number of ether oxygens (including phenoxy) is 2. The summed E-state index contributed by atoms with van der Waals surface area (Å²) in [5.74, 6) is -0.171. The van der Waals surface area contributed by atoms with Crippen LogP contribution in [0, 0.1) is 0 Å². The quantitative estimate of drug-likeness (QED) is 0.623. The topological polar surface area (TPSA) is 47.6 Å². The highest BCUT2D eigenvalue weighted by molar-refractivity contribution is 5.69. The maximum Gasteiger partial charge on any atom is 0.307 e. The van der Waals surface area contributed by atoms with Gasteiger partial charge in [0.1, 0.15) is 6.10 Å². The summed E-state index contributed by atoms with van der Waals surface area (Å²) in [6.07, 6.45) is 0.255. The van der Waals surface area contributed by atoms with Crippen molar-refractivity contribution in [2.75, 3.05) is 19.8 Å². The molecule has 1 N–H and O–H groups in total. The van der Waals surface area contributed by atoms with Crippen LogP contribution in [0.2, 0.25) is 0 Å². The molecule has 0 aromatic rings. The molecule has 0 fully saturated rings. The molecule has 0 bridgehead atoms. The summed E-state index contributed by atoms with van der Waals surface area (Å²) in [5, 5.41) is 3.16. The zero-order chi connectivity index (χ0) is 11.7. The number of nitrogens with one attached hydrogen (secondary N) is 1. The van der Waals surface area contributed by atoms with E-state index in [0.717, 1.165) is 0 Å². The molecule has 0 saturated carbocycles. The first-order valence-corrected chi connectivity index (χ1v) is 5.56. The van der Waals surface area contributed by atoms with Crippen LogP contribution < -0.4 is 5.32 Å². The average molecular weight is 217 g/mol. The van der Waals surface area contributed by atoms with Crippen molar-refractivity contribution in [1.29, 1.82) is 0 Å². The monoisotopic (exact) mass is 217 g/mol. The number of carbonyl (C=O) groups is 1. The van der Waals surface area contributed by atoms with Gasteiger partial charge in [0.15, 0.2) is 0 Å². The second kappa shape index (κ2) is 8.68. The molecule has 1 atom stereocenters. The van der Waals surface area contributed by atoms with E-state index >= 15 is 0 Å². The van der Waals surface area contributed by atoms with Gasteiger partial charge < -0.3 is 14.8 Å². The molecule has 0 radical (unpaired) electrons. The number of hydrogen-bond acceptors (Lipinski definition) is 4. The predicted molar refractivity (Wildman–Crippen MR) is 59.8 cm³/mol. The van der Waals surface area contributed by atoms with Crippen LogP contribution >= 0.6 is 0 Å². The van der Waals surface area contributed by atoms with Crippen LogP contribution in [0.15, 0.2) is 0 Å². The highest BCUT2D eigenvalue weighted by atomic mass is 16.6. The zero-order valence-electron chi connectivity index (χ0n) is 10.2. The summed E-state index contributed by atoms with van der Waals surface area (Å²) in [7, 11) is 0. The Morgan fingerprint density at radius 3 is 2.53 bits per heavy atom. The van der Waals surface area contributed by atoms with E-state index in [4.69, 9.17) is 9.47 Å². The van der Waals surface area contributed by atoms with Gasteiger partial charge in [0, 0.05) is 19.2 Å². The lowest BCUT2D eigenvalue weighted by atomic mass is 10.3. The van der Waals surface area contributed by atoms with E-state index in [1.165, 1.54) is 0 Å². The van der Waals surface area contributed by atoms with Crippen LogP contribution in [-0.4, -0.2) is 37.9 Å². The fraction of sp³-hybridized carbons (Fsp3) is 0.909. The largest absolute Gasteiger partial charge is 0.460 e. The lowest BCUT2D eigenvalue weighted by Gasteiger charge is -2.13. The number of carbonyl (C=O) groups excluding carboxylic acids is 1. The Kier molecular flexibility index (Phi) is 8.33. The van der Waals surface area contributed by atoms with Crippen molar-refractivity contribution in [2.24, 2.45) is 0 Å². The number of hydrogen-bond donors (Lipinski definition) is 1. The first-order chi connectivity index (χ1) is 7.06. The second-order valence-electron chi connectivity index (χ2n) is 3.82. The van der Waals surface area contributed by atoms with E-state index in [0.29, 0.717) is 32.2 Å². The van der Waals surface area contributed by atoms with E-state index in [-0.39, 0.29) is 12.1 Å². The third kappa shape index (κ3) is 9.69. The van der Waals surface area contributed by atoms with Gasteiger partial charge in [0.25, 0.3) is 0 Å².